The largest absolute Gasteiger partial charge is 0.497 e. The maximum absolute atomic E-state index is 10.8. The van der Waals surface area contributed by atoms with Gasteiger partial charge in [0.2, 0.25) is 0 Å². The fourth-order valence-electron chi connectivity index (χ4n) is 2.97. The quantitative estimate of drug-likeness (QED) is 0.892. The minimum absolute atomic E-state index is 0.541. The predicted molar refractivity (Wildman–Crippen MR) is 81.6 cm³/mol. The van der Waals surface area contributed by atoms with Crippen molar-refractivity contribution >= 4 is 15.9 Å². The van der Waals surface area contributed by atoms with E-state index in [4.69, 9.17) is 4.74 Å². The second kappa shape index (κ2) is 6.27. The summed E-state index contributed by atoms with van der Waals surface area (Å²) >= 11 is 3.57. The molecule has 2 rings (SSSR count). The lowest BCUT2D eigenvalue weighted by Crippen LogP contribution is -2.36. The van der Waals surface area contributed by atoms with E-state index in [1.54, 1.807) is 7.11 Å². The third-order valence-corrected chi connectivity index (χ3v) is 5.16. The van der Waals surface area contributed by atoms with Crippen LogP contribution in [0.4, 0.5) is 0 Å². The van der Waals surface area contributed by atoms with Gasteiger partial charge < -0.3 is 9.84 Å². The molecule has 1 aliphatic rings. The summed E-state index contributed by atoms with van der Waals surface area (Å²) in [6.07, 6.45) is 6.06. The van der Waals surface area contributed by atoms with Crippen LogP contribution in [0.3, 0.4) is 0 Å². The zero-order valence-corrected chi connectivity index (χ0v) is 13.4. The van der Waals surface area contributed by atoms with Crippen LogP contribution >= 0.6 is 15.9 Å². The van der Waals surface area contributed by atoms with Crippen molar-refractivity contribution in [3.05, 3.63) is 28.2 Å². The summed E-state index contributed by atoms with van der Waals surface area (Å²) in [7, 11) is 1.67. The molecule has 3 heteroatoms. The van der Waals surface area contributed by atoms with Crippen molar-refractivity contribution in [3.8, 4) is 5.75 Å². The monoisotopic (exact) mass is 326 g/mol. The second-order valence-corrected chi connectivity index (χ2v) is 6.56. The highest BCUT2D eigenvalue weighted by atomic mass is 79.9. The van der Waals surface area contributed by atoms with Gasteiger partial charge >= 0.3 is 0 Å². The van der Waals surface area contributed by atoms with Gasteiger partial charge in [-0.25, -0.2) is 0 Å². The highest BCUT2D eigenvalue weighted by Crippen LogP contribution is 2.37. The van der Waals surface area contributed by atoms with Crippen molar-refractivity contribution in [1.29, 1.82) is 0 Å². The third-order valence-electron chi connectivity index (χ3n) is 4.39. The molecule has 1 saturated carbocycles. The molecule has 0 aromatic heterocycles. The number of benzene rings is 1. The molecule has 0 unspecified atom stereocenters. The lowest BCUT2D eigenvalue weighted by molar-refractivity contribution is -0.00936. The molecule has 0 aliphatic heterocycles. The van der Waals surface area contributed by atoms with Crippen LogP contribution in [0.15, 0.2) is 22.7 Å². The number of rotatable bonds is 4. The Morgan fingerprint density at radius 3 is 2.63 bits per heavy atom. The molecule has 0 radical (unpaired) electrons. The van der Waals surface area contributed by atoms with E-state index in [1.165, 1.54) is 6.42 Å². The fourth-order valence-corrected chi connectivity index (χ4v) is 3.35. The minimum atomic E-state index is -0.541. The van der Waals surface area contributed by atoms with Crippen LogP contribution in [-0.4, -0.2) is 17.8 Å². The molecule has 1 aliphatic carbocycles. The highest BCUT2D eigenvalue weighted by Gasteiger charge is 2.33. The smallest absolute Gasteiger partial charge is 0.119 e. The summed E-state index contributed by atoms with van der Waals surface area (Å²) in [5, 5.41) is 10.8. The topological polar surface area (TPSA) is 29.5 Å². The standard InChI is InChI=1S/C16H23BrO2/c1-3-12-6-8-16(18,9-7-12)11-13-10-14(19-2)4-5-15(13)17/h4-5,10,12,18H,3,6-9,11H2,1-2H3. The molecule has 1 fully saturated rings. The number of methoxy groups -OCH3 is 1. The predicted octanol–water partition coefficient (Wildman–Crippen LogP) is 4.33. The van der Waals surface area contributed by atoms with Crippen LogP contribution in [0.1, 0.15) is 44.6 Å². The van der Waals surface area contributed by atoms with Crippen molar-refractivity contribution in [2.75, 3.05) is 7.11 Å². The average molecular weight is 327 g/mol. The summed E-state index contributed by atoms with van der Waals surface area (Å²) < 4.78 is 6.32. The van der Waals surface area contributed by atoms with Gasteiger partial charge in [-0.15, -0.1) is 0 Å². The molecule has 106 valence electrons. The molecule has 0 amide bonds. The van der Waals surface area contributed by atoms with Gasteiger partial charge in [-0.1, -0.05) is 29.3 Å². The number of hydrogen-bond donors (Lipinski definition) is 1. The second-order valence-electron chi connectivity index (χ2n) is 5.71. The van der Waals surface area contributed by atoms with Gasteiger partial charge in [-0.2, -0.15) is 0 Å². The zero-order chi connectivity index (χ0) is 13.9. The van der Waals surface area contributed by atoms with E-state index >= 15 is 0 Å². The van der Waals surface area contributed by atoms with Gasteiger partial charge in [0, 0.05) is 10.9 Å². The van der Waals surface area contributed by atoms with Crippen molar-refractivity contribution in [2.24, 2.45) is 5.92 Å². The van der Waals surface area contributed by atoms with Crippen LogP contribution in [0.25, 0.3) is 0 Å². The minimum Gasteiger partial charge on any atom is -0.497 e. The fraction of sp³-hybridized carbons (Fsp3) is 0.625. The zero-order valence-electron chi connectivity index (χ0n) is 11.8. The summed E-state index contributed by atoms with van der Waals surface area (Å²) in [4.78, 5) is 0. The van der Waals surface area contributed by atoms with E-state index in [1.807, 2.05) is 18.2 Å². The van der Waals surface area contributed by atoms with Gasteiger partial charge in [0.1, 0.15) is 5.75 Å². The van der Waals surface area contributed by atoms with Crippen LogP contribution < -0.4 is 4.74 Å². The molecule has 2 nitrogen and oxygen atoms in total. The number of ether oxygens (including phenoxy) is 1. The Labute approximate surface area is 124 Å². The van der Waals surface area contributed by atoms with Gasteiger partial charge in [0.05, 0.1) is 12.7 Å². The Morgan fingerprint density at radius 1 is 1.37 bits per heavy atom. The van der Waals surface area contributed by atoms with Crippen molar-refractivity contribution in [1.82, 2.24) is 0 Å². The molecule has 19 heavy (non-hydrogen) atoms. The molecule has 1 aromatic carbocycles. The van der Waals surface area contributed by atoms with E-state index in [0.717, 1.165) is 47.4 Å². The normalized spacial score (nSPS) is 27.3. The van der Waals surface area contributed by atoms with Crippen molar-refractivity contribution in [2.45, 2.75) is 51.0 Å². The lowest BCUT2D eigenvalue weighted by Gasteiger charge is -2.36. The van der Waals surface area contributed by atoms with E-state index in [-0.39, 0.29) is 0 Å². The number of hydrogen-bond acceptors (Lipinski definition) is 2. The third kappa shape index (κ3) is 3.73. The van der Waals surface area contributed by atoms with Crippen molar-refractivity contribution in [3.63, 3.8) is 0 Å². The number of halogens is 1. The Kier molecular flexibility index (Phi) is 4.91. The first-order valence-corrected chi connectivity index (χ1v) is 7.90. The first-order chi connectivity index (χ1) is 9.06. The average Bonchev–Trinajstić information content (AvgIpc) is 2.42. The van der Waals surface area contributed by atoms with E-state index in [2.05, 4.69) is 22.9 Å². The van der Waals surface area contributed by atoms with Gasteiger partial charge in [0.15, 0.2) is 0 Å². The van der Waals surface area contributed by atoms with Crippen molar-refractivity contribution < 1.29 is 9.84 Å². The molecular weight excluding hydrogens is 304 g/mol. The maximum atomic E-state index is 10.8. The van der Waals surface area contributed by atoms with E-state index < -0.39 is 5.60 Å². The highest BCUT2D eigenvalue weighted by molar-refractivity contribution is 9.10. The van der Waals surface area contributed by atoms with Crippen LogP contribution in [0, 0.1) is 5.92 Å². The maximum Gasteiger partial charge on any atom is 0.119 e. The Morgan fingerprint density at radius 2 is 2.05 bits per heavy atom. The summed E-state index contributed by atoms with van der Waals surface area (Å²) in [6, 6.07) is 5.95. The van der Waals surface area contributed by atoms with Gasteiger partial charge in [0.25, 0.3) is 0 Å². The molecule has 0 heterocycles. The molecule has 0 spiro atoms. The van der Waals surface area contributed by atoms with Crippen LogP contribution in [-0.2, 0) is 6.42 Å². The number of aliphatic hydroxyl groups is 1. The Balaban J connectivity index is 2.08. The SMILES string of the molecule is CCC1CCC(O)(Cc2cc(OC)ccc2Br)CC1. The summed E-state index contributed by atoms with van der Waals surface area (Å²) in [6.45, 7) is 2.24. The molecule has 0 saturated heterocycles. The molecule has 0 bridgehead atoms. The molecule has 0 atom stereocenters. The molecular formula is C16H23BrO2. The van der Waals surface area contributed by atoms with Crippen LogP contribution in [0.5, 0.6) is 5.75 Å². The summed E-state index contributed by atoms with van der Waals surface area (Å²) in [5.74, 6) is 1.65. The first-order valence-electron chi connectivity index (χ1n) is 7.11. The van der Waals surface area contributed by atoms with Gasteiger partial charge in [-0.05, 0) is 55.4 Å². The van der Waals surface area contributed by atoms with Gasteiger partial charge in [-0.3, -0.25) is 0 Å². The summed E-state index contributed by atoms with van der Waals surface area (Å²) in [5.41, 5.74) is 0.595. The molecule has 1 N–H and O–H groups in total. The lowest BCUT2D eigenvalue weighted by atomic mass is 9.75. The Bertz CT molecular complexity index is 423. The van der Waals surface area contributed by atoms with E-state index in [9.17, 15) is 5.11 Å². The van der Waals surface area contributed by atoms with E-state index in [0.29, 0.717) is 6.42 Å². The van der Waals surface area contributed by atoms with Crippen LogP contribution in [0.2, 0.25) is 0 Å². The Hall–Kier alpha value is -0.540. The first kappa shape index (κ1) is 14.9. The molecule has 1 aromatic rings.